The average Bonchev–Trinajstić information content (AvgIpc) is 2.96. The van der Waals surface area contributed by atoms with E-state index in [0.29, 0.717) is 25.0 Å². The molecule has 2 saturated heterocycles. The van der Waals surface area contributed by atoms with Crippen molar-refractivity contribution in [2.45, 2.75) is 57.2 Å². The third-order valence-corrected chi connectivity index (χ3v) is 5.27. The molecule has 5 unspecified atom stereocenters. The number of carbonyl (C=O) groups excluding carboxylic acids is 2. The Balaban J connectivity index is 1.77. The summed E-state index contributed by atoms with van der Waals surface area (Å²) in [4.78, 5) is 33.5. The molecule has 28 heavy (non-hydrogen) atoms. The van der Waals surface area contributed by atoms with Crippen molar-refractivity contribution in [3.8, 4) is 0 Å². The monoisotopic (exact) mass is 425 g/mol. The lowest BCUT2D eigenvalue weighted by Crippen LogP contribution is -2.58. The number of carbonyl (C=O) groups is 2. The SMILES string of the molecule is CC(=N)CCCCOP(=O)(O)OCC1OC(N2CC(F)C(=O)NC2=O)CC1O. The van der Waals surface area contributed by atoms with Gasteiger partial charge in [-0.05, 0) is 26.2 Å². The minimum Gasteiger partial charge on any atom is -0.390 e. The smallest absolute Gasteiger partial charge is 0.390 e. The fourth-order valence-corrected chi connectivity index (χ4v) is 3.55. The van der Waals surface area contributed by atoms with Gasteiger partial charge in [-0.2, -0.15) is 0 Å². The van der Waals surface area contributed by atoms with Crippen LogP contribution in [0.5, 0.6) is 0 Å². The first kappa shape index (κ1) is 22.9. The van der Waals surface area contributed by atoms with Gasteiger partial charge in [-0.15, -0.1) is 0 Å². The molecule has 0 radical (unpaired) electrons. The summed E-state index contributed by atoms with van der Waals surface area (Å²) in [7, 11) is -4.36. The van der Waals surface area contributed by atoms with Crippen LogP contribution in [0.25, 0.3) is 0 Å². The molecule has 0 aromatic carbocycles. The molecule has 0 saturated carbocycles. The molecule has 2 aliphatic heterocycles. The first-order valence-electron chi connectivity index (χ1n) is 8.84. The number of halogens is 1. The van der Waals surface area contributed by atoms with Gasteiger partial charge in [0.15, 0.2) is 6.17 Å². The molecule has 0 aliphatic carbocycles. The lowest BCUT2D eigenvalue weighted by atomic mass is 10.1. The molecule has 0 bridgehead atoms. The van der Waals surface area contributed by atoms with Crippen molar-refractivity contribution in [2.24, 2.45) is 0 Å². The van der Waals surface area contributed by atoms with Gasteiger partial charge in [0, 0.05) is 12.1 Å². The summed E-state index contributed by atoms with van der Waals surface area (Å²) in [5.41, 5.74) is 0.510. The maximum absolute atomic E-state index is 13.5. The van der Waals surface area contributed by atoms with Gasteiger partial charge in [-0.1, -0.05) is 0 Å². The lowest BCUT2D eigenvalue weighted by Gasteiger charge is -2.32. The number of phosphoric ester groups is 1. The molecule has 0 aromatic rings. The van der Waals surface area contributed by atoms with Gasteiger partial charge in [-0.3, -0.25) is 24.1 Å². The number of imide groups is 1. The largest absolute Gasteiger partial charge is 0.472 e. The summed E-state index contributed by atoms with van der Waals surface area (Å²) in [6.45, 7) is 0.656. The number of unbranched alkanes of at least 4 members (excludes halogenated alkanes) is 1. The van der Waals surface area contributed by atoms with Crippen LogP contribution in [-0.4, -0.2) is 76.9 Å². The number of rotatable bonds is 10. The third-order valence-electron chi connectivity index (χ3n) is 4.29. The predicted octanol–water partition coefficient (Wildman–Crippen LogP) is 0.696. The summed E-state index contributed by atoms with van der Waals surface area (Å²) in [5.74, 6) is -1.03. The Morgan fingerprint density at radius 3 is 2.82 bits per heavy atom. The molecule has 160 valence electrons. The van der Waals surface area contributed by atoms with E-state index in [1.165, 1.54) is 0 Å². The van der Waals surface area contributed by atoms with Crippen LogP contribution < -0.4 is 5.32 Å². The van der Waals surface area contributed by atoms with Gasteiger partial charge in [-0.25, -0.2) is 13.8 Å². The van der Waals surface area contributed by atoms with E-state index >= 15 is 0 Å². The molecule has 0 aromatic heterocycles. The first-order valence-corrected chi connectivity index (χ1v) is 10.3. The van der Waals surface area contributed by atoms with Crippen molar-refractivity contribution < 1.29 is 42.3 Å². The van der Waals surface area contributed by atoms with Crippen molar-refractivity contribution in [1.29, 1.82) is 5.41 Å². The summed E-state index contributed by atoms with van der Waals surface area (Å²) in [6, 6.07) is -0.839. The Kier molecular flexibility index (Phi) is 8.05. The van der Waals surface area contributed by atoms with Crippen molar-refractivity contribution in [2.75, 3.05) is 19.8 Å². The maximum atomic E-state index is 13.5. The van der Waals surface area contributed by atoms with E-state index < -0.39 is 57.5 Å². The number of aliphatic hydroxyl groups is 1. The van der Waals surface area contributed by atoms with Gasteiger partial charge < -0.3 is 20.1 Å². The Hall–Kier alpha value is -1.43. The number of nitrogens with zero attached hydrogens (tertiary/aromatic N) is 1. The number of alkyl halides is 1. The molecule has 3 amide bonds. The summed E-state index contributed by atoms with van der Waals surface area (Å²) in [5, 5.41) is 19.2. The topological polar surface area (TPSA) is 158 Å². The normalized spacial score (nSPS) is 30.2. The molecular formula is C15H25FN3O8P. The molecule has 13 heteroatoms. The standard InChI is InChI=1S/C15H25FN3O8P/c1-9(17)4-2-3-5-25-28(23,24)26-8-12-11(20)6-13(27-12)19-7-10(16)14(21)18-15(19)22/h10-13,17,20H,2-8H2,1H3,(H,23,24)(H,18,21,22). The number of urea groups is 1. The van der Waals surface area contributed by atoms with Gasteiger partial charge in [0.25, 0.3) is 5.91 Å². The van der Waals surface area contributed by atoms with Crippen LogP contribution in [0.2, 0.25) is 0 Å². The molecule has 2 fully saturated rings. The zero-order valence-corrected chi connectivity index (χ0v) is 16.3. The van der Waals surface area contributed by atoms with Crippen LogP contribution in [0.1, 0.15) is 32.6 Å². The second-order valence-electron chi connectivity index (χ2n) is 6.68. The minimum absolute atomic E-state index is 0.0301. The van der Waals surface area contributed by atoms with Crippen molar-refractivity contribution in [1.82, 2.24) is 10.2 Å². The highest BCUT2D eigenvalue weighted by Crippen LogP contribution is 2.44. The second kappa shape index (κ2) is 9.86. The number of hydrogen-bond acceptors (Lipinski definition) is 8. The Bertz CT molecular complexity index is 651. The van der Waals surface area contributed by atoms with Gasteiger partial charge in [0.1, 0.15) is 12.3 Å². The van der Waals surface area contributed by atoms with E-state index in [2.05, 4.69) is 0 Å². The van der Waals surface area contributed by atoms with Gasteiger partial charge in [0.2, 0.25) is 0 Å². The number of hydrogen-bond donors (Lipinski definition) is 4. The van der Waals surface area contributed by atoms with E-state index in [0.717, 1.165) is 4.90 Å². The zero-order chi connectivity index (χ0) is 20.9. The van der Waals surface area contributed by atoms with Crippen molar-refractivity contribution in [3.63, 3.8) is 0 Å². The summed E-state index contributed by atoms with van der Waals surface area (Å²) < 4.78 is 40.5. The molecule has 2 heterocycles. The first-order chi connectivity index (χ1) is 13.1. The average molecular weight is 425 g/mol. The molecule has 0 spiro atoms. The van der Waals surface area contributed by atoms with Crippen molar-refractivity contribution >= 4 is 25.5 Å². The van der Waals surface area contributed by atoms with Gasteiger partial charge >= 0.3 is 13.9 Å². The molecule has 4 N–H and O–H groups in total. The fraction of sp³-hybridized carbons (Fsp3) is 0.800. The van der Waals surface area contributed by atoms with Crippen molar-refractivity contribution in [3.05, 3.63) is 0 Å². The fourth-order valence-electron chi connectivity index (χ4n) is 2.78. The Morgan fingerprint density at radius 1 is 1.43 bits per heavy atom. The van der Waals surface area contributed by atoms with Crippen LogP contribution >= 0.6 is 7.82 Å². The lowest BCUT2D eigenvalue weighted by molar-refractivity contribution is -0.130. The van der Waals surface area contributed by atoms with E-state index in [4.69, 9.17) is 19.2 Å². The van der Waals surface area contributed by atoms with Crippen LogP contribution in [0.3, 0.4) is 0 Å². The summed E-state index contributed by atoms with van der Waals surface area (Å²) in [6.07, 6.45) is -3.45. The molecule has 5 atom stereocenters. The Labute approximate surface area is 161 Å². The highest BCUT2D eigenvalue weighted by atomic mass is 31.2. The number of amides is 3. The molecular weight excluding hydrogens is 400 g/mol. The maximum Gasteiger partial charge on any atom is 0.472 e. The Morgan fingerprint density at radius 2 is 2.14 bits per heavy atom. The minimum atomic E-state index is -4.36. The van der Waals surface area contributed by atoms with Crippen LogP contribution in [0.15, 0.2) is 0 Å². The van der Waals surface area contributed by atoms with E-state index in [1.807, 2.05) is 5.32 Å². The second-order valence-corrected chi connectivity index (χ2v) is 8.14. The highest BCUT2D eigenvalue weighted by molar-refractivity contribution is 7.47. The van der Waals surface area contributed by atoms with Crippen LogP contribution in [0, 0.1) is 5.41 Å². The predicted molar refractivity (Wildman–Crippen MR) is 93.4 cm³/mol. The van der Waals surface area contributed by atoms with Gasteiger partial charge in [0.05, 0.1) is 25.9 Å². The van der Waals surface area contributed by atoms with E-state index in [1.54, 1.807) is 6.92 Å². The van der Waals surface area contributed by atoms with Crippen LogP contribution in [0.4, 0.5) is 9.18 Å². The summed E-state index contributed by atoms with van der Waals surface area (Å²) >= 11 is 0. The molecule has 2 rings (SSSR count). The number of aliphatic hydroxyl groups excluding tert-OH is 1. The number of phosphoric acid groups is 1. The third kappa shape index (κ3) is 6.57. The molecule has 2 aliphatic rings. The van der Waals surface area contributed by atoms with E-state index in [-0.39, 0.29) is 13.0 Å². The van der Waals surface area contributed by atoms with Crippen LogP contribution in [-0.2, 0) is 23.1 Å². The quantitative estimate of drug-likeness (QED) is 0.226. The molecule has 11 nitrogen and oxygen atoms in total. The highest BCUT2D eigenvalue weighted by Gasteiger charge is 2.44. The van der Waals surface area contributed by atoms with E-state index in [9.17, 15) is 28.5 Å². The zero-order valence-electron chi connectivity index (χ0n) is 15.4. The number of nitrogens with one attached hydrogen (secondary N) is 2. The number of ether oxygens (including phenoxy) is 1.